The lowest BCUT2D eigenvalue weighted by molar-refractivity contribution is -0.149. The van der Waals surface area contributed by atoms with Crippen LogP contribution in [0.4, 0.5) is 0 Å². The molecule has 0 aromatic heterocycles. The molecule has 0 bridgehead atoms. The highest BCUT2D eigenvalue weighted by Crippen LogP contribution is 2.20. The molecule has 0 saturated heterocycles. The molecule has 0 aromatic carbocycles. The van der Waals surface area contributed by atoms with Gasteiger partial charge in [-0.1, -0.05) is 11.8 Å². The van der Waals surface area contributed by atoms with Crippen LogP contribution in [-0.2, 0) is 23.8 Å². The van der Waals surface area contributed by atoms with Crippen LogP contribution in [0.1, 0.15) is 20.3 Å². The first-order valence-corrected chi connectivity index (χ1v) is 7.49. The summed E-state index contributed by atoms with van der Waals surface area (Å²) in [7, 11) is 3.66. The number of ether oxygens (including phenoxy) is 3. The van der Waals surface area contributed by atoms with E-state index in [9.17, 15) is 9.59 Å². The molecule has 0 aliphatic heterocycles. The van der Waals surface area contributed by atoms with Gasteiger partial charge >= 0.3 is 11.9 Å². The Labute approximate surface area is 129 Å². The Morgan fingerprint density at radius 3 is 2.25 bits per heavy atom. The highest BCUT2D eigenvalue weighted by Gasteiger charge is 2.27. The molecule has 0 aliphatic rings. The van der Waals surface area contributed by atoms with Gasteiger partial charge in [0.15, 0.2) is 0 Å². The van der Waals surface area contributed by atoms with Crippen LogP contribution in [0, 0.1) is 0 Å². The number of thiocarbonyl (C=S) groups is 1. The monoisotopic (exact) mass is 323 g/mol. The molecule has 0 N–H and O–H groups in total. The van der Waals surface area contributed by atoms with Crippen molar-refractivity contribution in [1.82, 2.24) is 4.90 Å². The normalized spacial score (nSPS) is 11.8. The van der Waals surface area contributed by atoms with Gasteiger partial charge in [0.25, 0.3) is 0 Å². The lowest BCUT2D eigenvalue weighted by Gasteiger charge is -2.16. The summed E-state index contributed by atoms with van der Waals surface area (Å²) in [6.07, 6.45) is -0.0944. The fourth-order valence-corrected chi connectivity index (χ4v) is 2.25. The van der Waals surface area contributed by atoms with E-state index in [1.54, 1.807) is 18.7 Å². The molecule has 0 radical (unpaired) electrons. The van der Waals surface area contributed by atoms with Gasteiger partial charge in [-0.3, -0.25) is 14.5 Å². The van der Waals surface area contributed by atoms with Crippen molar-refractivity contribution >= 4 is 40.3 Å². The molecule has 0 amide bonds. The highest BCUT2D eigenvalue weighted by molar-refractivity contribution is 8.23. The van der Waals surface area contributed by atoms with E-state index in [0.717, 1.165) is 11.8 Å². The Balaban J connectivity index is 4.48. The molecule has 116 valence electrons. The second kappa shape index (κ2) is 10.9. The zero-order valence-electron chi connectivity index (χ0n) is 12.2. The standard InChI is InChI=1S/C12H21NO5S2/c1-5-16-10(14)7-9(11(15)17-6-2)20-12(19)18-8-13(3)4/h9H,5-8H2,1-4H3/t9-/m1/s1. The van der Waals surface area contributed by atoms with E-state index >= 15 is 0 Å². The van der Waals surface area contributed by atoms with Gasteiger partial charge in [0.1, 0.15) is 12.0 Å². The first-order valence-electron chi connectivity index (χ1n) is 6.21. The van der Waals surface area contributed by atoms with Crippen LogP contribution in [-0.4, -0.2) is 60.5 Å². The van der Waals surface area contributed by atoms with E-state index in [4.69, 9.17) is 26.4 Å². The molecule has 1 atom stereocenters. The van der Waals surface area contributed by atoms with Crippen molar-refractivity contribution in [2.45, 2.75) is 25.5 Å². The van der Waals surface area contributed by atoms with Crippen LogP contribution in [0.25, 0.3) is 0 Å². The molecular formula is C12H21NO5S2. The van der Waals surface area contributed by atoms with Crippen LogP contribution in [0.5, 0.6) is 0 Å². The summed E-state index contributed by atoms with van der Waals surface area (Å²) in [5, 5.41) is -0.747. The Kier molecular flexibility index (Phi) is 10.4. The number of carbonyl (C=O) groups excluding carboxylic acids is 2. The van der Waals surface area contributed by atoms with Gasteiger partial charge in [-0.05, 0) is 40.2 Å². The van der Waals surface area contributed by atoms with Gasteiger partial charge in [-0.15, -0.1) is 0 Å². The maximum atomic E-state index is 11.8. The smallest absolute Gasteiger partial charge is 0.320 e. The summed E-state index contributed by atoms with van der Waals surface area (Å²) >= 11 is 6.02. The van der Waals surface area contributed by atoms with Gasteiger partial charge in [0.05, 0.1) is 19.6 Å². The van der Waals surface area contributed by atoms with Crippen LogP contribution >= 0.6 is 24.0 Å². The summed E-state index contributed by atoms with van der Waals surface area (Å²) in [4.78, 5) is 25.0. The Morgan fingerprint density at radius 2 is 1.75 bits per heavy atom. The second-order valence-corrected chi connectivity index (χ2v) is 5.78. The van der Waals surface area contributed by atoms with Crippen molar-refractivity contribution in [2.75, 3.05) is 34.0 Å². The zero-order valence-corrected chi connectivity index (χ0v) is 13.8. The lowest BCUT2D eigenvalue weighted by atomic mass is 10.3. The minimum Gasteiger partial charge on any atom is -0.466 e. The summed E-state index contributed by atoms with van der Waals surface area (Å²) in [6, 6.07) is 0. The molecular weight excluding hydrogens is 302 g/mol. The fraction of sp³-hybridized carbons (Fsp3) is 0.750. The van der Waals surface area contributed by atoms with Crippen LogP contribution in [0.15, 0.2) is 0 Å². The average Bonchev–Trinajstić information content (AvgIpc) is 2.36. The Bertz CT molecular complexity index is 336. The minimum atomic E-state index is -0.747. The van der Waals surface area contributed by atoms with Crippen molar-refractivity contribution in [3.63, 3.8) is 0 Å². The predicted molar refractivity (Wildman–Crippen MR) is 81.5 cm³/mol. The highest BCUT2D eigenvalue weighted by atomic mass is 32.2. The number of hydrogen-bond acceptors (Lipinski definition) is 8. The number of esters is 2. The average molecular weight is 323 g/mol. The van der Waals surface area contributed by atoms with Crippen LogP contribution < -0.4 is 0 Å². The summed E-state index contributed by atoms with van der Waals surface area (Å²) in [6.45, 7) is 4.21. The maximum Gasteiger partial charge on any atom is 0.320 e. The van der Waals surface area contributed by atoms with Gasteiger partial charge in [-0.25, -0.2) is 0 Å². The molecule has 8 heteroatoms. The van der Waals surface area contributed by atoms with Crippen molar-refractivity contribution in [3.05, 3.63) is 0 Å². The predicted octanol–water partition coefficient (Wildman–Crippen LogP) is 1.43. The third kappa shape index (κ3) is 9.11. The number of hydrogen-bond donors (Lipinski definition) is 0. The summed E-state index contributed by atoms with van der Waals surface area (Å²) < 4.78 is 15.2. The van der Waals surface area contributed by atoms with E-state index in [1.165, 1.54) is 0 Å². The van der Waals surface area contributed by atoms with E-state index in [0.29, 0.717) is 6.73 Å². The third-order valence-corrected chi connectivity index (χ3v) is 3.25. The number of nitrogens with zero attached hydrogens (tertiary/aromatic N) is 1. The number of thioether (sulfide) groups is 1. The van der Waals surface area contributed by atoms with E-state index in [1.807, 2.05) is 14.1 Å². The molecule has 0 fully saturated rings. The van der Waals surface area contributed by atoms with Crippen LogP contribution in [0.3, 0.4) is 0 Å². The lowest BCUT2D eigenvalue weighted by Crippen LogP contribution is -2.27. The van der Waals surface area contributed by atoms with Crippen molar-refractivity contribution in [1.29, 1.82) is 0 Å². The topological polar surface area (TPSA) is 65.1 Å². The summed E-state index contributed by atoms with van der Waals surface area (Å²) in [5.41, 5.74) is 0. The van der Waals surface area contributed by atoms with Crippen molar-refractivity contribution in [3.8, 4) is 0 Å². The maximum absolute atomic E-state index is 11.8. The van der Waals surface area contributed by atoms with Crippen LogP contribution in [0.2, 0.25) is 0 Å². The quantitative estimate of drug-likeness (QED) is 0.377. The molecule has 20 heavy (non-hydrogen) atoms. The molecule has 0 unspecified atom stereocenters. The number of rotatable bonds is 8. The zero-order chi connectivity index (χ0) is 15.5. The fourth-order valence-electron chi connectivity index (χ4n) is 1.11. The van der Waals surface area contributed by atoms with Gasteiger partial charge in [0.2, 0.25) is 4.38 Å². The van der Waals surface area contributed by atoms with E-state index in [-0.39, 0.29) is 24.0 Å². The van der Waals surface area contributed by atoms with E-state index in [2.05, 4.69) is 0 Å². The Morgan fingerprint density at radius 1 is 1.15 bits per heavy atom. The molecule has 0 spiro atoms. The molecule has 0 heterocycles. The molecule has 0 saturated carbocycles. The van der Waals surface area contributed by atoms with Gasteiger partial charge in [0, 0.05) is 0 Å². The van der Waals surface area contributed by atoms with E-state index < -0.39 is 17.2 Å². The van der Waals surface area contributed by atoms with Crippen molar-refractivity contribution < 1.29 is 23.8 Å². The summed E-state index contributed by atoms with van der Waals surface area (Å²) in [5.74, 6) is -0.963. The molecule has 0 aromatic rings. The number of carbonyl (C=O) groups is 2. The third-order valence-electron chi connectivity index (χ3n) is 1.89. The first-order chi connectivity index (χ1) is 9.40. The second-order valence-electron chi connectivity index (χ2n) is 3.97. The van der Waals surface area contributed by atoms with Gasteiger partial charge in [-0.2, -0.15) is 0 Å². The van der Waals surface area contributed by atoms with Crippen molar-refractivity contribution in [2.24, 2.45) is 0 Å². The minimum absolute atomic E-state index is 0.0944. The largest absolute Gasteiger partial charge is 0.466 e. The molecule has 0 aliphatic carbocycles. The Hall–Kier alpha value is -0.860. The SMILES string of the molecule is CCOC(=O)C[C@@H](SC(=S)OCN(C)C)C(=O)OCC. The molecule has 0 rings (SSSR count). The first kappa shape index (κ1) is 19.1. The molecule has 6 nitrogen and oxygen atoms in total. The van der Waals surface area contributed by atoms with Gasteiger partial charge < -0.3 is 14.2 Å².